The largest absolute Gasteiger partial charge is 0.497 e. The molecule has 2 aliphatic heterocycles. The molecular formula is C36H24N2O8S. The van der Waals surface area contributed by atoms with E-state index in [1.54, 1.807) is 48.5 Å². The van der Waals surface area contributed by atoms with Crippen LogP contribution in [0.15, 0.2) is 119 Å². The fraction of sp³-hybridized carbons (Fsp3) is 0.0556. The summed E-state index contributed by atoms with van der Waals surface area (Å²) < 4.78 is 38.0. The van der Waals surface area contributed by atoms with Gasteiger partial charge >= 0.3 is 0 Å². The average Bonchev–Trinajstić information content (AvgIpc) is 3.47. The minimum Gasteiger partial charge on any atom is -0.497 e. The molecule has 0 saturated heterocycles. The molecule has 47 heavy (non-hydrogen) atoms. The molecule has 2 aliphatic rings. The topological polar surface area (TPSA) is 127 Å². The Balaban J connectivity index is 1.09. The van der Waals surface area contributed by atoms with Crippen LogP contribution < -0.4 is 19.3 Å². The Kier molecular flexibility index (Phi) is 6.98. The number of anilines is 2. The van der Waals surface area contributed by atoms with Gasteiger partial charge in [0.2, 0.25) is 9.84 Å². The van der Waals surface area contributed by atoms with E-state index in [-0.39, 0.29) is 37.9 Å². The van der Waals surface area contributed by atoms with Crippen LogP contribution in [0.2, 0.25) is 0 Å². The zero-order chi connectivity index (χ0) is 33.0. The number of hydrogen-bond acceptors (Lipinski definition) is 8. The van der Waals surface area contributed by atoms with Crippen molar-refractivity contribution in [2.24, 2.45) is 0 Å². The first-order valence-electron chi connectivity index (χ1n) is 14.4. The molecule has 0 N–H and O–H groups in total. The Morgan fingerprint density at radius 2 is 0.979 bits per heavy atom. The van der Waals surface area contributed by atoms with Gasteiger partial charge in [-0.15, -0.1) is 0 Å². The monoisotopic (exact) mass is 644 g/mol. The van der Waals surface area contributed by atoms with Gasteiger partial charge in [-0.05, 0) is 97.9 Å². The van der Waals surface area contributed by atoms with E-state index in [0.717, 1.165) is 15.4 Å². The number of ether oxygens (including phenoxy) is 2. The highest BCUT2D eigenvalue weighted by Gasteiger charge is 2.38. The van der Waals surface area contributed by atoms with Crippen LogP contribution in [0.3, 0.4) is 0 Å². The molecule has 10 nitrogen and oxygen atoms in total. The molecule has 0 unspecified atom stereocenters. The molecule has 5 aromatic rings. The summed E-state index contributed by atoms with van der Waals surface area (Å²) in [4.78, 5) is 54.3. The van der Waals surface area contributed by atoms with Crippen LogP contribution in [0, 0.1) is 6.92 Å². The van der Waals surface area contributed by atoms with Crippen LogP contribution in [-0.4, -0.2) is 39.2 Å². The first-order chi connectivity index (χ1) is 22.6. The fourth-order valence-electron chi connectivity index (χ4n) is 5.59. The predicted molar refractivity (Wildman–Crippen MR) is 171 cm³/mol. The normalized spacial score (nSPS) is 14.0. The second-order valence-corrected chi connectivity index (χ2v) is 12.9. The number of imide groups is 2. The first-order valence-corrected chi connectivity index (χ1v) is 15.8. The number of nitrogens with zero attached hydrogens (tertiary/aromatic N) is 2. The number of hydrogen-bond donors (Lipinski definition) is 0. The Bertz CT molecular complexity index is 2260. The fourth-order valence-corrected chi connectivity index (χ4v) is 6.85. The van der Waals surface area contributed by atoms with Gasteiger partial charge in [0.1, 0.15) is 17.2 Å². The smallest absolute Gasteiger partial charge is 0.266 e. The van der Waals surface area contributed by atoms with Crippen molar-refractivity contribution in [1.29, 1.82) is 0 Å². The van der Waals surface area contributed by atoms with Gasteiger partial charge in [-0.3, -0.25) is 19.2 Å². The van der Waals surface area contributed by atoms with Crippen molar-refractivity contribution in [3.63, 3.8) is 0 Å². The van der Waals surface area contributed by atoms with Crippen LogP contribution in [0.4, 0.5) is 11.4 Å². The van der Waals surface area contributed by atoms with Gasteiger partial charge in [-0.2, -0.15) is 0 Å². The Morgan fingerprint density at radius 3 is 1.53 bits per heavy atom. The van der Waals surface area contributed by atoms with E-state index in [1.165, 1.54) is 67.8 Å². The molecule has 0 aromatic heterocycles. The summed E-state index contributed by atoms with van der Waals surface area (Å²) in [5, 5.41) is 0. The third-order valence-electron chi connectivity index (χ3n) is 7.99. The Hall–Kier alpha value is -6.07. The Labute approximate surface area is 269 Å². The molecule has 5 aromatic carbocycles. The third-order valence-corrected chi connectivity index (χ3v) is 9.77. The van der Waals surface area contributed by atoms with Gasteiger partial charge in [-0.25, -0.2) is 18.2 Å². The molecule has 0 radical (unpaired) electrons. The van der Waals surface area contributed by atoms with Gasteiger partial charge < -0.3 is 9.47 Å². The molecule has 7 rings (SSSR count). The minimum atomic E-state index is -4.03. The number of sulfone groups is 1. The number of carbonyl (C=O) groups excluding carboxylic acids is 4. The number of aryl methyl sites for hydroxylation is 1. The maximum absolute atomic E-state index is 13.5. The van der Waals surface area contributed by atoms with Crippen molar-refractivity contribution in [2.75, 3.05) is 16.9 Å². The van der Waals surface area contributed by atoms with Crippen LogP contribution in [0.25, 0.3) is 0 Å². The lowest BCUT2D eigenvalue weighted by Gasteiger charge is -2.15. The van der Waals surface area contributed by atoms with Gasteiger partial charge in [0.25, 0.3) is 23.6 Å². The van der Waals surface area contributed by atoms with Crippen molar-refractivity contribution in [2.45, 2.75) is 16.7 Å². The van der Waals surface area contributed by atoms with E-state index in [1.807, 2.05) is 6.92 Å². The lowest BCUT2D eigenvalue weighted by Crippen LogP contribution is -2.29. The number of methoxy groups -OCH3 is 1. The van der Waals surface area contributed by atoms with Gasteiger partial charge in [0.15, 0.2) is 0 Å². The molecule has 11 heteroatoms. The predicted octanol–water partition coefficient (Wildman–Crippen LogP) is 6.23. The summed E-state index contributed by atoms with van der Waals surface area (Å²) in [5.41, 5.74) is 2.21. The van der Waals surface area contributed by atoms with Crippen LogP contribution in [0.1, 0.15) is 47.0 Å². The summed E-state index contributed by atoms with van der Waals surface area (Å²) in [6.07, 6.45) is 0. The third kappa shape index (κ3) is 4.93. The van der Waals surface area contributed by atoms with Crippen molar-refractivity contribution in [3.8, 4) is 17.2 Å². The average molecular weight is 645 g/mol. The first kappa shape index (κ1) is 29.6. The summed E-state index contributed by atoms with van der Waals surface area (Å²) in [7, 11) is -2.49. The molecule has 0 bridgehead atoms. The van der Waals surface area contributed by atoms with Crippen molar-refractivity contribution < 1.29 is 37.1 Å². The maximum atomic E-state index is 13.5. The highest BCUT2D eigenvalue weighted by atomic mass is 32.2. The van der Waals surface area contributed by atoms with Crippen LogP contribution >= 0.6 is 0 Å². The molecule has 0 spiro atoms. The maximum Gasteiger partial charge on any atom is 0.266 e. The lowest BCUT2D eigenvalue weighted by atomic mass is 10.1. The number of fused-ring (bicyclic) bond motifs is 2. The van der Waals surface area contributed by atoms with Gasteiger partial charge in [0.05, 0.1) is 50.5 Å². The number of rotatable bonds is 7. The van der Waals surface area contributed by atoms with E-state index in [2.05, 4.69) is 0 Å². The summed E-state index contributed by atoms with van der Waals surface area (Å²) in [6, 6.07) is 27.4. The van der Waals surface area contributed by atoms with E-state index in [0.29, 0.717) is 22.8 Å². The van der Waals surface area contributed by atoms with Crippen molar-refractivity contribution in [1.82, 2.24) is 0 Å². The second-order valence-electron chi connectivity index (χ2n) is 10.9. The van der Waals surface area contributed by atoms with E-state index < -0.39 is 33.5 Å². The van der Waals surface area contributed by atoms with Crippen molar-refractivity contribution >= 4 is 44.8 Å². The number of carbonyl (C=O) groups is 4. The second kappa shape index (κ2) is 11.1. The van der Waals surface area contributed by atoms with Crippen molar-refractivity contribution in [3.05, 3.63) is 137 Å². The number of benzene rings is 5. The SMILES string of the molecule is COc1cccc(Oc2ccc3c(c2)C(=O)N(c2ccc(S(=O)(=O)c4ccc(N5C(=O)c6ccc(C)cc6C5=O)cc4)cc2)C3=O)c1. The molecule has 0 fully saturated rings. The molecule has 232 valence electrons. The van der Waals surface area contributed by atoms with Gasteiger partial charge in [0, 0.05) is 6.07 Å². The Morgan fingerprint density at radius 1 is 0.511 bits per heavy atom. The van der Waals surface area contributed by atoms with Gasteiger partial charge in [-0.1, -0.05) is 17.7 Å². The van der Waals surface area contributed by atoms with E-state index >= 15 is 0 Å². The quantitative estimate of drug-likeness (QED) is 0.191. The molecule has 0 saturated carbocycles. The zero-order valence-electron chi connectivity index (χ0n) is 25.0. The zero-order valence-corrected chi connectivity index (χ0v) is 25.8. The summed E-state index contributed by atoms with van der Waals surface area (Å²) >= 11 is 0. The highest BCUT2D eigenvalue weighted by Crippen LogP contribution is 2.35. The minimum absolute atomic E-state index is 0.0641. The number of amides is 4. The summed E-state index contributed by atoms with van der Waals surface area (Å²) in [5.74, 6) is -0.643. The van der Waals surface area contributed by atoms with E-state index in [4.69, 9.17) is 9.47 Å². The van der Waals surface area contributed by atoms with Crippen LogP contribution in [0.5, 0.6) is 17.2 Å². The lowest BCUT2D eigenvalue weighted by molar-refractivity contribution is 0.0910. The molecule has 0 aliphatic carbocycles. The van der Waals surface area contributed by atoms with Crippen LogP contribution in [-0.2, 0) is 9.84 Å². The van der Waals surface area contributed by atoms with E-state index in [9.17, 15) is 27.6 Å². The highest BCUT2D eigenvalue weighted by molar-refractivity contribution is 7.91. The molecular weight excluding hydrogens is 620 g/mol. The summed E-state index contributed by atoms with van der Waals surface area (Å²) in [6.45, 7) is 1.82. The molecule has 2 heterocycles. The molecule has 0 atom stereocenters. The molecule has 4 amide bonds. The standard InChI is InChI=1S/C36H24N2O8S/c1-21-6-16-29-31(18-21)35(41)37(33(29)39)22-7-12-27(13-8-22)47(43,44)28-14-9-23(10-15-28)38-34(40)30-17-11-26(20-32(30)36(38)42)46-25-5-3-4-24(19-25)45-2/h3-20H,1-2H3.